The van der Waals surface area contributed by atoms with Gasteiger partial charge in [-0.1, -0.05) is 6.42 Å². The van der Waals surface area contributed by atoms with Gasteiger partial charge in [-0.15, -0.1) is 0 Å². The second kappa shape index (κ2) is 5.97. The van der Waals surface area contributed by atoms with E-state index >= 15 is 0 Å². The van der Waals surface area contributed by atoms with Crippen LogP contribution in [0.5, 0.6) is 0 Å². The third-order valence-corrected chi connectivity index (χ3v) is 3.63. The average molecular weight is 264 g/mol. The van der Waals surface area contributed by atoms with Crippen molar-refractivity contribution >= 4 is 11.5 Å². The molecule has 19 heavy (non-hydrogen) atoms. The number of rotatable bonds is 4. The smallest absolute Gasteiger partial charge is 0.311 e. The van der Waals surface area contributed by atoms with Gasteiger partial charge in [-0.3, -0.25) is 10.1 Å². The molecule has 0 aliphatic carbocycles. The highest BCUT2D eigenvalue weighted by molar-refractivity contribution is 5.56. The standard InChI is InChI=1S/C13H20N4O2/c1-10-7-12(17(18)19)13(14-8-10)15-9-11-5-3-4-6-16(11)2/h7-8,11H,3-6,9H2,1-2H3,(H,14,15). The second-order valence-electron chi connectivity index (χ2n) is 5.15. The van der Waals surface area contributed by atoms with Gasteiger partial charge >= 0.3 is 5.69 Å². The molecule has 6 nitrogen and oxygen atoms in total. The molecule has 1 aromatic rings. The highest BCUT2D eigenvalue weighted by Gasteiger charge is 2.21. The van der Waals surface area contributed by atoms with Crippen molar-refractivity contribution < 1.29 is 4.92 Å². The number of hydrogen-bond donors (Lipinski definition) is 1. The van der Waals surface area contributed by atoms with Crippen molar-refractivity contribution in [2.75, 3.05) is 25.5 Å². The van der Waals surface area contributed by atoms with Crippen LogP contribution in [0.25, 0.3) is 0 Å². The molecule has 1 unspecified atom stereocenters. The molecule has 1 saturated heterocycles. The fourth-order valence-electron chi connectivity index (χ4n) is 2.45. The molecule has 1 N–H and O–H groups in total. The van der Waals surface area contributed by atoms with E-state index in [-0.39, 0.29) is 10.6 Å². The van der Waals surface area contributed by atoms with E-state index in [2.05, 4.69) is 22.2 Å². The number of nitrogens with one attached hydrogen (secondary N) is 1. The van der Waals surface area contributed by atoms with E-state index in [9.17, 15) is 10.1 Å². The third kappa shape index (κ3) is 3.41. The minimum atomic E-state index is -0.382. The number of anilines is 1. The molecule has 2 heterocycles. The lowest BCUT2D eigenvalue weighted by Crippen LogP contribution is -2.40. The number of pyridine rings is 1. The Balaban J connectivity index is 2.04. The summed E-state index contributed by atoms with van der Waals surface area (Å²) in [5, 5.41) is 14.1. The summed E-state index contributed by atoms with van der Waals surface area (Å²) in [5.74, 6) is 0.370. The van der Waals surface area contributed by atoms with Gasteiger partial charge in [0.25, 0.3) is 0 Å². The fraction of sp³-hybridized carbons (Fsp3) is 0.615. The van der Waals surface area contributed by atoms with Crippen molar-refractivity contribution in [2.45, 2.75) is 32.2 Å². The monoisotopic (exact) mass is 264 g/mol. The normalized spacial score (nSPS) is 20.2. The van der Waals surface area contributed by atoms with E-state index in [1.165, 1.54) is 12.8 Å². The van der Waals surface area contributed by atoms with E-state index in [4.69, 9.17) is 0 Å². The quantitative estimate of drug-likeness (QED) is 0.666. The zero-order valence-electron chi connectivity index (χ0n) is 11.4. The molecule has 0 bridgehead atoms. The summed E-state index contributed by atoms with van der Waals surface area (Å²) in [6.45, 7) is 3.60. The second-order valence-corrected chi connectivity index (χ2v) is 5.15. The summed E-state index contributed by atoms with van der Waals surface area (Å²) in [6, 6.07) is 1.98. The number of hydrogen-bond acceptors (Lipinski definition) is 5. The van der Waals surface area contributed by atoms with E-state index in [0.29, 0.717) is 18.4 Å². The minimum absolute atomic E-state index is 0.0541. The highest BCUT2D eigenvalue weighted by atomic mass is 16.6. The van der Waals surface area contributed by atoms with E-state index in [0.717, 1.165) is 18.5 Å². The van der Waals surface area contributed by atoms with Crippen LogP contribution in [-0.4, -0.2) is 41.0 Å². The number of aryl methyl sites for hydroxylation is 1. The van der Waals surface area contributed by atoms with E-state index in [1.807, 2.05) is 0 Å². The zero-order chi connectivity index (χ0) is 13.8. The molecule has 6 heteroatoms. The Morgan fingerprint density at radius 3 is 3.05 bits per heavy atom. The molecule has 104 valence electrons. The van der Waals surface area contributed by atoms with Crippen molar-refractivity contribution in [3.63, 3.8) is 0 Å². The van der Waals surface area contributed by atoms with Crippen molar-refractivity contribution in [3.8, 4) is 0 Å². The Morgan fingerprint density at radius 1 is 1.58 bits per heavy atom. The maximum absolute atomic E-state index is 11.0. The van der Waals surface area contributed by atoms with Crippen molar-refractivity contribution in [1.82, 2.24) is 9.88 Å². The molecule has 1 atom stereocenters. The maximum atomic E-state index is 11.0. The van der Waals surface area contributed by atoms with Crippen molar-refractivity contribution in [1.29, 1.82) is 0 Å². The summed E-state index contributed by atoms with van der Waals surface area (Å²) >= 11 is 0. The Morgan fingerprint density at radius 2 is 2.37 bits per heavy atom. The highest BCUT2D eigenvalue weighted by Crippen LogP contribution is 2.23. The van der Waals surface area contributed by atoms with Gasteiger partial charge in [-0.25, -0.2) is 4.98 Å². The van der Waals surface area contributed by atoms with Crippen molar-refractivity contribution in [2.24, 2.45) is 0 Å². The van der Waals surface area contributed by atoms with Crippen LogP contribution in [0.4, 0.5) is 11.5 Å². The average Bonchev–Trinajstić information content (AvgIpc) is 2.38. The molecule has 1 aliphatic rings. The number of likely N-dealkylation sites (tertiary alicyclic amines) is 1. The van der Waals surface area contributed by atoms with Gasteiger partial charge in [0.15, 0.2) is 0 Å². The first-order valence-electron chi connectivity index (χ1n) is 6.63. The molecule has 0 spiro atoms. The van der Waals surface area contributed by atoms with Crippen LogP contribution in [-0.2, 0) is 0 Å². The molecular weight excluding hydrogens is 244 g/mol. The van der Waals surface area contributed by atoms with Crippen LogP contribution < -0.4 is 5.32 Å². The van der Waals surface area contributed by atoms with Crippen LogP contribution in [0, 0.1) is 17.0 Å². The Labute approximate surface area is 113 Å². The van der Waals surface area contributed by atoms with Gasteiger partial charge in [-0.05, 0) is 38.9 Å². The van der Waals surface area contributed by atoms with Crippen LogP contribution in [0.15, 0.2) is 12.3 Å². The summed E-state index contributed by atoms with van der Waals surface area (Å²) in [5.41, 5.74) is 0.852. The predicted octanol–water partition coefficient (Wildman–Crippen LogP) is 2.19. The zero-order valence-corrected chi connectivity index (χ0v) is 11.4. The fourth-order valence-corrected chi connectivity index (χ4v) is 2.45. The summed E-state index contributed by atoms with van der Waals surface area (Å²) < 4.78 is 0. The summed E-state index contributed by atoms with van der Waals surface area (Å²) in [4.78, 5) is 17.1. The predicted molar refractivity (Wildman–Crippen MR) is 74.4 cm³/mol. The van der Waals surface area contributed by atoms with E-state index in [1.54, 1.807) is 19.2 Å². The number of piperidine rings is 1. The molecule has 0 amide bonds. The molecule has 0 saturated carbocycles. The molecule has 1 aromatic heterocycles. The number of nitro groups is 1. The van der Waals surface area contributed by atoms with Crippen LogP contribution in [0.2, 0.25) is 0 Å². The Kier molecular flexibility index (Phi) is 4.31. The lowest BCUT2D eigenvalue weighted by Gasteiger charge is -2.32. The SMILES string of the molecule is Cc1cnc(NCC2CCCCN2C)c([N+](=O)[O-])c1. The summed E-state index contributed by atoms with van der Waals surface area (Å²) in [6.07, 6.45) is 5.24. The summed E-state index contributed by atoms with van der Waals surface area (Å²) in [7, 11) is 2.10. The molecule has 0 radical (unpaired) electrons. The Bertz CT molecular complexity index is 464. The maximum Gasteiger partial charge on any atom is 0.311 e. The first-order chi connectivity index (χ1) is 9.08. The van der Waals surface area contributed by atoms with Crippen LogP contribution >= 0.6 is 0 Å². The van der Waals surface area contributed by atoms with Gasteiger partial charge < -0.3 is 10.2 Å². The lowest BCUT2D eigenvalue weighted by molar-refractivity contribution is -0.384. The first-order valence-corrected chi connectivity index (χ1v) is 6.63. The largest absolute Gasteiger partial charge is 0.363 e. The molecule has 1 aliphatic heterocycles. The van der Waals surface area contributed by atoms with Crippen LogP contribution in [0.3, 0.4) is 0 Å². The minimum Gasteiger partial charge on any atom is -0.363 e. The first kappa shape index (κ1) is 13.7. The Hall–Kier alpha value is -1.69. The van der Waals surface area contributed by atoms with Gasteiger partial charge in [0.05, 0.1) is 4.92 Å². The van der Waals surface area contributed by atoms with Gasteiger partial charge in [0.1, 0.15) is 0 Å². The van der Waals surface area contributed by atoms with Gasteiger partial charge in [-0.2, -0.15) is 0 Å². The third-order valence-electron chi connectivity index (χ3n) is 3.63. The number of likely N-dealkylation sites (N-methyl/N-ethyl adjacent to an activating group) is 1. The van der Waals surface area contributed by atoms with Crippen molar-refractivity contribution in [3.05, 3.63) is 27.9 Å². The van der Waals surface area contributed by atoms with Gasteiger partial charge in [0.2, 0.25) is 5.82 Å². The van der Waals surface area contributed by atoms with E-state index < -0.39 is 0 Å². The molecule has 1 fully saturated rings. The van der Waals surface area contributed by atoms with Gasteiger partial charge in [0, 0.05) is 24.8 Å². The molecule has 0 aromatic carbocycles. The topological polar surface area (TPSA) is 71.3 Å². The molecular formula is C13H20N4O2. The molecule has 2 rings (SSSR count). The number of nitrogens with zero attached hydrogens (tertiary/aromatic N) is 3. The van der Waals surface area contributed by atoms with Crippen LogP contribution in [0.1, 0.15) is 24.8 Å². The lowest BCUT2D eigenvalue weighted by atomic mass is 10.0. The number of aromatic nitrogens is 1.